The minimum absolute atomic E-state index is 0.690. The van der Waals surface area contributed by atoms with Crippen LogP contribution in [-0.2, 0) is 11.2 Å². The first-order valence-electron chi connectivity index (χ1n) is 7.67. The van der Waals surface area contributed by atoms with Crippen LogP contribution in [0.2, 0.25) is 0 Å². The van der Waals surface area contributed by atoms with Crippen molar-refractivity contribution in [3.8, 4) is 5.75 Å². The van der Waals surface area contributed by atoms with Gasteiger partial charge in [-0.15, -0.1) is 0 Å². The summed E-state index contributed by atoms with van der Waals surface area (Å²) in [6, 6.07) is 8.45. The predicted molar refractivity (Wildman–Crippen MR) is 82.3 cm³/mol. The average Bonchev–Trinajstić information content (AvgIpc) is 2.49. The normalized spacial score (nSPS) is 17.9. The highest BCUT2D eigenvalue weighted by Crippen LogP contribution is 2.25. The van der Waals surface area contributed by atoms with Crippen molar-refractivity contribution in [2.24, 2.45) is 11.8 Å². The second-order valence-electron chi connectivity index (χ2n) is 5.77. The lowest BCUT2D eigenvalue weighted by Crippen LogP contribution is -2.26. The Kier molecular flexibility index (Phi) is 6.34. The quantitative estimate of drug-likeness (QED) is 0.831. The summed E-state index contributed by atoms with van der Waals surface area (Å²) in [7, 11) is 3.77. The van der Waals surface area contributed by atoms with Crippen LogP contribution in [0.1, 0.15) is 24.8 Å². The lowest BCUT2D eigenvalue weighted by Gasteiger charge is -2.26. The van der Waals surface area contributed by atoms with E-state index in [4.69, 9.17) is 9.47 Å². The molecule has 1 saturated heterocycles. The molecule has 1 aliphatic heterocycles. The molecular weight excluding hydrogens is 250 g/mol. The summed E-state index contributed by atoms with van der Waals surface area (Å²) in [6.07, 6.45) is 4.85. The number of nitrogens with one attached hydrogen (secondary N) is 1. The van der Waals surface area contributed by atoms with Crippen LogP contribution in [0.4, 0.5) is 0 Å². The van der Waals surface area contributed by atoms with E-state index < -0.39 is 0 Å². The number of methoxy groups -OCH3 is 1. The van der Waals surface area contributed by atoms with E-state index in [1.807, 2.05) is 13.1 Å². The van der Waals surface area contributed by atoms with Crippen molar-refractivity contribution in [3.63, 3.8) is 0 Å². The Morgan fingerprint density at radius 2 is 2.15 bits per heavy atom. The highest BCUT2D eigenvalue weighted by Gasteiger charge is 2.19. The Bertz CT molecular complexity index is 388. The van der Waals surface area contributed by atoms with Crippen molar-refractivity contribution in [2.45, 2.75) is 25.7 Å². The van der Waals surface area contributed by atoms with Crippen molar-refractivity contribution in [2.75, 3.05) is 33.9 Å². The van der Waals surface area contributed by atoms with Crippen LogP contribution in [-0.4, -0.2) is 33.9 Å². The molecule has 0 amide bonds. The van der Waals surface area contributed by atoms with Gasteiger partial charge in [-0.25, -0.2) is 0 Å². The second-order valence-corrected chi connectivity index (χ2v) is 5.77. The smallest absolute Gasteiger partial charge is 0.119 e. The summed E-state index contributed by atoms with van der Waals surface area (Å²) in [6.45, 7) is 2.96. The van der Waals surface area contributed by atoms with Gasteiger partial charge in [-0.05, 0) is 68.8 Å². The van der Waals surface area contributed by atoms with E-state index in [0.717, 1.165) is 37.8 Å². The molecule has 20 heavy (non-hydrogen) atoms. The third kappa shape index (κ3) is 4.80. The highest BCUT2D eigenvalue weighted by atomic mass is 16.5. The van der Waals surface area contributed by atoms with Crippen molar-refractivity contribution in [1.82, 2.24) is 5.32 Å². The van der Waals surface area contributed by atoms with Crippen molar-refractivity contribution in [3.05, 3.63) is 29.8 Å². The summed E-state index contributed by atoms with van der Waals surface area (Å²) >= 11 is 0. The van der Waals surface area contributed by atoms with Crippen molar-refractivity contribution in [1.29, 1.82) is 0 Å². The molecule has 0 spiro atoms. The molecule has 1 unspecified atom stereocenters. The Balaban J connectivity index is 1.93. The van der Waals surface area contributed by atoms with Crippen molar-refractivity contribution < 1.29 is 9.47 Å². The van der Waals surface area contributed by atoms with Gasteiger partial charge < -0.3 is 14.8 Å². The number of benzene rings is 1. The van der Waals surface area contributed by atoms with Gasteiger partial charge >= 0.3 is 0 Å². The van der Waals surface area contributed by atoms with Gasteiger partial charge in [0.25, 0.3) is 0 Å². The summed E-state index contributed by atoms with van der Waals surface area (Å²) in [5.41, 5.74) is 1.37. The van der Waals surface area contributed by atoms with E-state index in [2.05, 4.69) is 23.5 Å². The number of hydrogen-bond acceptors (Lipinski definition) is 3. The zero-order valence-corrected chi connectivity index (χ0v) is 12.7. The van der Waals surface area contributed by atoms with Crippen LogP contribution in [0.15, 0.2) is 24.3 Å². The third-order valence-corrected chi connectivity index (χ3v) is 4.16. The van der Waals surface area contributed by atoms with Crippen LogP contribution in [0.5, 0.6) is 5.75 Å². The minimum Gasteiger partial charge on any atom is -0.497 e. The van der Waals surface area contributed by atoms with Gasteiger partial charge in [0, 0.05) is 13.2 Å². The zero-order chi connectivity index (χ0) is 14.2. The molecule has 1 heterocycles. The molecule has 0 saturated carbocycles. The van der Waals surface area contributed by atoms with E-state index in [1.54, 1.807) is 7.11 Å². The van der Waals surface area contributed by atoms with Gasteiger partial charge in [0.05, 0.1) is 7.11 Å². The fourth-order valence-corrected chi connectivity index (χ4v) is 3.11. The number of rotatable bonds is 7. The molecule has 2 rings (SSSR count). The molecule has 1 N–H and O–H groups in total. The molecule has 1 atom stereocenters. The molecule has 1 aromatic rings. The van der Waals surface area contributed by atoms with E-state index in [1.165, 1.54) is 24.8 Å². The second kappa shape index (κ2) is 8.28. The lowest BCUT2D eigenvalue weighted by atomic mass is 9.85. The van der Waals surface area contributed by atoms with Crippen LogP contribution in [0.3, 0.4) is 0 Å². The Morgan fingerprint density at radius 3 is 2.85 bits per heavy atom. The fourth-order valence-electron chi connectivity index (χ4n) is 3.11. The van der Waals surface area contributed by atoms with Gasteiger partial charge in [-0.2, -0.15) is 0 Å². The van der Waals surface area contributed by atoms with Crippen LogP contribution >= 0.6 is 0 Å². The molecule has 1 aliphatic rings. The van der Waals surface area contributed by atoms with E-state index in [0.29, 0.717) is 5.92 Å². The molecule has 0 radical (unpaired) electrons. The summed E-state index contributed by atoms with van der Waals surface area (Å²) in [5.74, 6) is 2.47. The van der Waals surface area contributed by atoms with Crippen LogP contribution < -0.4 is 10.1 Å². The number of ether oxygens (including phenoxy) is 2. The SMILES string of the molecule is CNCC(Cc1cccc(OC)c1)CC1CCOCC1. The first-order valence-corrected chi connectivity index (χ1v) is 7.67. The number of hydrogen-bond donors (Lipinski definition) is 1. The molecule has 3 nitrogen and oxygen atoms in total. The maximum atomic E-state index is 5.46. The lowest BCUT2D eigenvalue weighted by molar-refractivity contribution is 0.0586. The maximum absolute atomic E-state index is 5.46. The summed E-state index contributed by atoms with van der Waals surface area (Å²) < 4.78 is 10.8. The monoisotopic (exact) mass is 277 g/mol. The van der Waals surface area contributed by atoms with Crippen LogP contribution in [0, 0.1) is 11.8 Å². The summed E-state index contributed by atoms with van der Waals surface area (Å²) in [4.78, 5) is 0. The standard InChI is InChI=1S/C17H27NO2/c1-18-13-16(10-14-6-8-20-9-7-14)11-15-4-3-5-17(12-15)19-2/h3-5,12,14,16,18H,6-11,13H2,1-2H3. The van der Waals surface area contributed by atoms with E-state index in [-0.39, 0.29) is 0 Å². The highest BCUT2D eigenvalue weighted by molar-refractivity contribution is 5.28. The molecule has 0 aliphatic carbocycles. The Morgan fingerprint density at radius 1 is 1.35 bits per heavy atom. The first kappa shape index (κ1) is 15.3. The Hall–Kier alpha value is -1.06. The van der Waals surface area contributed by atoms with Gasteiger partial charge in [-0.3, -0.25) is 0 Å². The van der Waals surface area contributed by atoms with Crippen molar-refractivity contribution >= 4 is 0 Å². The maximum Gasteiger partial charge on any atom is 0.119 e. The average molecular weight is 277 g/mol. The summed E-state index contributed by atoms with van der Waals surface area (Å²) in [5, 5.41) is 3.34. The first-order chi connectivity index (χ1) is 9.81. The molecule has 0 bridgehead atoms. The van der Waals surface area contributed by atoms with E-state index >= 15 is 0 Å². The molecule has 112 valence electrons. The molecule has 0 aromatic heterocycles. The Labute approximate surface area is 122 Å². The minimum atomic E-state index is 0.690. The van der Waals surface area contributed by atoms with Gasteiger partial charge in [-0.1, -0.05) is 12.1 Å². The third-order valence-electron chi connectivity index (χ3n) is 4.16. The van der Waals surface area contributed by atoms with Crippen LogP contribution in [0.25, 0.3) is 0 Å². The van der Waals surface area contributed by atoms with Gasteiger partial charge in [0.15, 0.2) is 0 Å². The molecule has 1 fully saturated rings. The molecular formula is C17H27NO2. The largest absolute Gasteiger partial charge is 0.497 e. The molecule has 1 aromatic carbocycles. The topological polar surface area (TPSA) is 30.5 Å². The fraction of sp³-hybridized carbons (Fsp3) is 0.647. The molecule has 3 heteroatoms. The van der Waals surface area contributed by atoms with Gasteiger partial charge in [0.2, 0.25) is 0 Å². The van der Waals surface area contributed by atoms with E-state index in [9.17, 15) is 0 Å². The zero-order valence-electron chi connectivity index (χ0n) is 12.7. The van der Waals surface area contributed by atoms with Gasteiger partial charge in [0.1, 0.15) is 5.75 Å². The predicted octanol–water partition coefficient (Wildman–Crippen LogP) is 2.89.